The van der Waals surface area contributed by atoms with Gasteiger partial charge in [0.2, 0.25) is 4.90 Å². The molecule has 2 rings (SSSR count). The Morgan fingerprint density at radius 3 is 2.64 bits per heavy atom. The van der Waals surface area contributed by atoms with Crippen molar-refractivity contribution in [2.75, 3.05) is 19.6 Å². The van der Waals surface area contributed by atoms with E-state index < -0.39 is 20.8 Å². The molecule has 2 N–H and O–H groups in total. The van der Waals surface area contributed by atoms with Crippen LogP contribution in [0.3, 0.4) is 0 Å². The highest BCUT2D eigenvalue weighted by molar-refractivity contribution is 7.89. The zero-order valence-corrected chi connectivity index (χ0v) is 14.1. The lowest BCUT2D eigenvalue weighted by molar-refractivity contribution is -0.392. The maximum atomic E-state index is 12.6. The predicted octanol–water partition coefficient (Wildman–Crippen LogP) is 0.592. The number of hydrogen-bond acceptors (Lipinski definition) is 6. The summed E-state index contributed by atoms with van der Waals surface area (Å²) < 4.78 is 27.7. The van der Waals surface area contributed by atoms with Crippen molar-refractivity contribution in [1.29, 1.82) is 0 Å². The Balaban J connectivity index is 0.00000242. The first kappa shape index (κ1) is 18.8. The van der Waals surface area contributed by atoms with Crippen LogP contribution in [0.15, 0.2) is 11.1 Å². The first-order chi connectivity index (χ1) is 9.73. The number of aromatic nitrogens is 2. The van der Waals surface area contributed by atoms with Crippen molar-refractivity contribution < 1.29 is 13.3 Å². The summed E-state index contributed by atoms with van der Waals surface area (Å²) >= 11 is 0. The van der Waals surface area contributed by atoms with Crippen LogP contribution in [0.2, 0.25) is 0 Å². The minimum absolute atomic E-state index is 0. The lowest BCUT2D eigenvalue weighted by Gasteiger charge is -2.21. The monoisotopic (exact) mass is 353 g/mol. The van der Waals surface area contributed by atoms with Gasteiger partial charge < -0.3 is 15.8 Å². The second-order valence-corrected chi connectivity index (χ2v) is 7.44. The standard InChI is InChI=1S/C11H19N5O4S.ClH/c1-3-14-6-9(10(13-14)16(17)18)21(19,20)15-5-4-11(2,7-12)8-15;/h6H,3-5,7-8,12H2,1-2H3;1H. The lowest BCUT2D eigenvalue weighted by atomic mass is 9.90. The van der Waals surface area contributed by atoms with E-state index in [2.05, 4.69) is 5.10 Å². The minimum atomic E-state index is -3.93. The van der Waals surface area contributed by atoms with Crippen LogP contribution in [0.1, 0.15) is 20.3 Å². The first-order valence-corrected chi connectivity index (χ1v) is 8.09. The molecule has 0 radical (unpaired) electrons. The number of nitrogens with zero attached hydrogens (tertiary/aromatic N) is 4. The Morgan fingerprint density at radius 1 is 1.55 bits per heavy atom. The molecule has 1 saturated heterocycles. The molecule has 0 saturated carbocycles. The summed E-state index contributed by atoms with van der Waals surface area (Å²) in [4.78, 5) is 9.90. The van der Waals surface area contributed by atoms with E-state index in [1.807, 2.05) is 6.92 Å². The summed E-state index contributed by atoms with van der Waals surface area (Å²) in [6.07, 6.45) is 1.85. The molecule has 2 heterocycles. The van der Waals surface area contributed by atoms with E-state index in [4.69, 9.17) is 5.73 Å². The van der Waals surface area contributed by atoms with Crippen LogP contribution in [0.25, 0.3) is 0 Å². The van der Waals surface area contributed by atoms with Crippen LogP contribution in [-0.2, 0) is 16.6 Å². The molecular formula is C11H20ClN5O4S. The second kappa shape index (κ2) is 6.49. The number of halogens is 1. The molecule has 0 amide bonds. The lowest BCUT2D eigenvalue weighted by Crippen LogP contribution is -2.34. The van der Waals surface area contributed by atoms with Crippen LogP contribution in [0, 0.1) is 15.5 Å². The van der Waals surface area contributed by atoms with Crippen LogP contribution in [0.5, 0.6) is 0 Å². The Labute approximate surface area is 135 Å². The number of rotatable bonds is 5. The average Bonchev–Trinajstić information content (AvgIpc) is 3.03. The van der Waals surface area contributed by atoms with E-state index in [0.29, 0.717) is 26.1 Å². The zero-order valence-electron chi connectivity index (χ0n) is 12.4. The van der Waals surface area contributed by atoms with E-state index in [1.54, 1.807) is 6.92 Å². The van der Waals surface area contributed by atoms with Gasteiger partial charge in [-0.1, -0.05) is 6.92 Å². The molecule has 1 aromatic heterocycles. The summed E-state index contributed by atoms with van der Waals surface area (Å²) in [5.41, 5.74) is 5.38. The highest BCUT2D eigenvalue weighted by Gasteiger charge is 2.42. The van der Waals surface area contributed by atoms with Crippen molar-refractivity contribution in [3.05, 3.63) is 16.3 Å². The van der Waals surface area contributed by atoms with Gasteiger partial charge in [0, 0.05) is 13.1 Å². The van der Waals surface area contributed by atoms with E-state index in [9.17, 15) is 18.5 Å². The Hall–Kier alpha value is -1.23. The molecule has 126 valence electrons. The van der Waals surface area contributed by atoms with Crippen molar-refractivity contribution >= 4 is 28.2 Å². The number of nitro groups is 1. The van der Waals surface area contributed by atoms with Crippen molar-refractivity contribution in [2.24, 2.45) is 11.1 Å². The predicted molar refractivity (Wildman–Crippen MR) is 82.3 cm³/mol. The van der Waals surface area contributed by atoms with E-state index in [0.717, 1.165) is 0 Å². The van der Waals surface area contributed by atoms with Crippen molar-refractivity contribution in [3.8, 4) is 0 Å². The third-order valence-corrected chi connectivity index (χ3v) is 5.68. The normalized spacial score (nSPS) is 22.5. The topological polar surface area (TPSA) is 124 Å². The SMILES string of the molecule is CCn1cc(S(=O)(=O)N2CCC(C)(CN)C2)c([N+](=O)[O-])n1.Cl. The summed E-state index contributed by atoms with van der Waals surface area (Å²) in [5.74, 6) is -0.627. The summed E-state index contributed by atoms with van der Waals surface area (Å²) in [6, 6.07) is 0. The van der Waals surface area contributed by atoms with Crippen molar-refractivity contribution in [1.82, 2.24) is 14.1 Å². The fourth-order valence-electron chi connectivity index (χ4n) is 2.35. The average molecular weight is 354 g/mol. The molecule has 0 aromatic carbocycles. The molecule has 0 bridgehead atoms. The molecule has 1 unspecified atom stereocenters. The number of aryl methyl sites for hydroxylation is 1. The second-order valence-electron chi connectivity index (χ2n) is 5.53. The molecule has 22 heavy (non-hydrogen) atoms. The van der Waals surface area contributed by atoms with E-state index in [1.165, 1.54) is 15.2 Å². The van der Waals surface area contributed by atoms with Crippen molar-refractivity contribution in [2.45, 2.75) is 31.7 Å². The van der Waals surface area contributed by atoms with Crippen LogP contribution in [0.4, 0.5) is 5.82 Å². The van der Waals surface area contributed by atoms with E-state index in [-0.39, 0.29) is 29.3 Å². The maximum Gasteiger partial charge on any atom is 0.410 e. The quantitative estimate of drug-likeness (QED) is 0.610. The first-order valence-electron chi connectivity index (χ1n) is 6.65. The minimum Gasteiger partial charge on any atom is -0.358 e. The van der Waals surface area contributed by atoms with Gasteiger partial charge in [0.05, 0.1) is 17.8 Å². The highest BCUT2D eigenvalue weighted by atomic mass is 35.5. The van der Waals surface area contributed by atoms with Gasteiger partial charge in [0.15, 0.2) is 0 Å². The third kappa shape index (κ3) is 3.24. The molecular weight excluding hydrogens is 334 g/mol. The van der Waals surface area contributed by atoms with Crippen molar-refractivity contribution in [3.63, 3.8) is 0 Å². The molecule has 1 aromatic rings. The number of nitrogens with two attached hydrogens (primary N) is 1. The van der Waals surface area contributed by atoms with Gasteiger partial charge in [0.25, 0.3) is 10.0 Å². The third-order valence-electron chi connectivity index (χ3n) is 3.84. The molecule has 1 aliphatic heterocycles. The fourth-order valence-corrected chi connectivity index (χ4v) is 4.05. The smallest absolute Gasteiger partial charge is 0.358 e. The summed E-state index contributed by atoms with van der Waals surface area (Å²) in [7, 11) is -3.93. The molecule has 9 nitrogen and oxygen atoms in total. The molecule has 1 fully saturated rings. The van der Waals surface area contributed by atoms with E-state index >= 15 is 0 Å². The summed E-state index contributed by atoms with van der Waals surface area (Å²) in [5, 5.41) is 14.7. The van der Waals surface area contributed by atoms with Gasteiger partial charge in [-0.3, -0.25) is 0 Å². The highest BCUT2D eigenvalue weighted by Crippen LogP contribution is 2.34. The number of hydrogen-bond donors (Lipinski definition) is 1. The van der Waals surface area contributed by atoms with Crippen LogP contribution >= 0.6 is 12.4 Å². The summed E-state index contributed by atoms with van der Waals surface area (Å²) in [6.45, 7) is 4.94. The molecule has 0 aliphatic carbocycles. The Bertz CT molecular complexity index is 661. The van der Waals surface area contributed by atoms with Gasteiger partial charge in [-0.25, -0.2) is 8.42 Å². The molecule has 1 atom stereocenters. The Morgan fingerprint density at radius 2 is 2.18 bits per heavy atom. The van der Waals surface area contributed by atoms with Gasteiger partial charge in [-0.05, 0) is 30.2 Å². The zero-order chi connectivity index (χ0) is 15.8. The number of sulfonamides is 1. The maximum absolute atomic E-state index is 12.6. The van der Waals surface area contributed by atoms with Crippen LogP contribution < -0.4 is 5.73 Å². The van der Waals surface area contributed by atoms with Gasteiger partial charge in [0.1, 0.15) is 0 Å². The Kier molecular flexibility index (Phi) is 5.55. The largest absolute Gasteiger partial charge is 0.410 e. The molecule has 0 spiro atoms. The van der Waals surface area contributed by atoms with Gasteiger partial charge >= 0.3 is 5.82 Å². The van der Waals surface area contributed by atoms with Gasteiger partial charge in [-0.15, -0.1) is 12.4 Å². The van der Waals surface area contributed by atoms with Crippen LogP contribution in [-0.4, -0.2) is 47.1 Å². The molecule has 1 aliphatic rings. The molecule has 11 heteroatoms. The van der Waals surface area contributed by atoms with Gasteiger partial charge in [-0.2, -0.15) is 8.99 Å². The fraction of sp³-hybridized carbons (Fsp3) is 0.727.